The molecule has 0 spiro atoms. The van der Waals surface area contributed by atoms with Crippen molar-refractivity contribution >= 4 is 10.9 Å². The van der Waals surface area contributed by atoms with Gasteiger partial charge in [0.25, 0.3) is 0 Å². The molecule has 150 valence electrons. The Kier molecular flexibility index (Phi) is 5.85. The molecule has 2 aromatic heterocycles. The number of H-pyrrole nitrogens is 2. The van der Waals surface area contributed by atoms with Gasteiger partial charge in [0.05, 0.1) is 33.0 Å². The maximum Gasteiger partial charge on any atom is 0.439 e. The van der Waals surface area contributed by atoms with Gasteiger partial charge in [-0.2, -0.15) is 0 Å². The van der Waals surface area contributed by atoms with Crippen LogP contribution in [0.4, 0.5) is 0 Å². The Bertz CT molecular complexity index is 1130. The molecular weight excluding hydrogens is 374 g/mol. The molecule has 0 unspecified atom stereocenters. The second kappa shape index (κ2) is 8.87. The van der Waals surface area contributed by atoms with Crippen molar-refractivity contribution in [2.45, 2.75) is 6.61 Å². The topological polar surface area (TPSA) is 113 Å². The van der Waals surface area contributed by atoms with Crippen LogP contribution in [-0.4, -0.2) is 46.7 Å². The van der Waals surface area contributed by atoms with Gasteiger partial charge in [0.15, 0.2) is 5.82 Å². The highest BCUT2D eigenvalue weighted by Crippen LogP contribution is 2.30. The maximum absolute atomic E-state index is 11.3. The van der Waals surface area contributed by atoms with Crippen LogP contribution in [0.3, 0.4) is 0 Å². The molecule has 0 aliphatic rings. The van der Waals surface area contributed by atoms with Gasteiger partial charge in [-0.15, -0.1) is 0 Å². The molecule has 0 radical (unpaired) electrons. The summed E-state index contributed by atoms with van der Waals surface area (Å²) >= 11 is 0. The number of aliphatic hydroxyl groups is 1. The first-order valence-corrected chi connectivity index (χ1v) is 9.28. The molecule has 0 amide bonds. The lowest BCUT2D eigenvalue weighted by atomic mass is 10.0. The van der Waals surface area contributed by atoms with Crippen LogP contribution in [-0.2, 0) is 16.1 Å². The van der Waals surface area contributed by atoms with Gasteiger partial charge in [-0.25, -0.2) is 4.79 Å². The standard InChI is InChI=1S/C21H21N3O5/c25-7-8-27-9-10-28-13-14-1-3-15(4-2-14)16-5-6-19-17(11-16)18(12-22-19)20-23-21(26)29-24-20/h1-6,11-12,22,25H,7-10,13H2,(H,23,24,26). The third kappa shape index (κ3) is 4.45. The Balaban J connectivity index is 1.47. The lowest BCUT2D eigenvalue weighted by molar-refractivity contribution is 0.0274. The van der Waals surface area contributed by atoms with Crippen LogP contribution in [0.25, 0.3) is 33.4 Å². The Labute approximate surface area is 166 Å². The van der Waals surface area contributed by atoms with E-state index >= 15 is 0 Å². The molecule has 0 saturated carbocycles. The Morgan fingerprint density at radius 2 is 1.79 bits per heavy atom. The van der Waals surface area contributed by atoms with Crippen molar-refractivity contribution in [3.63, 3.8) is 0 Å². The summed E-state index contributed by atoms with van der Waals surface area (Å²) in [7, 11) is 0. The van der Waals surface area contributed by atoms with Crippen LogP contribution >= 0.6 is 0 Å². The van der Waals surface area contributed by atoms with Crippen molar-refractivity contribution in [2.24, 2.45) is 0 Å². The number of hydrogen-bond acceptors (Lipinski definition) is 6. The minimum Gasteiger partial charge on any atom is -0.394 e. The Hall–Kier alpha value is -3.20. The fraction of sp³-hybridized carbons (Fsp3) is 0.238. The second-order valence-corrected chi connectivity index (χ2v) is 6.49. The number of nitrogens with zero attached hydrogens (tertiary/aromatic N) is 1. The molecule has 2 heterocycles. The Morgan fingerprint density at radius 3 is 2.55 bits per heavy atom. The van der Waals surface area contributed by atoms with Gasteiger partial charge in [0.2, 0.25) is 0 Å². The van der Waals surface area contributed by atoms with Crippen LogP contribution in [0.1, 0.15) is 5.56 Å². The molecule has 3 N–H and O–H groups in total. The number of ether oxygens (including phenoxy) is 2. The van der Waals surface area contributed by atoms with Crippen molar-refractivity contribution in [3.05, 3.63) is 64.8 Å². The summed E-state index contributed by atoms with van der Waals surface area (Å²) in [5.74, 6) is -0.183. The molecule has 2 aromatic carbocycles. The third-order valence-electron chi connectivity index (χ3n) is 4.54. The molecule has 29 heavy (non-hydrogen) atoms. The highest BCUT2D eigenvalue weighted by Gasteiger charge is 2.11. The van der Waals surface area contributed by atoms with E-state index in [1.54, 1.807) is 6.20 Å². The fourth-order valence-electron chi connectivity index (χ4n) is 3.11. The minimum atomic E-state index is -0.580. The van der Waals surface area contributed by atoms with Gasteiger partial charge in [0.1, 0.15) is 0 Å². The average molecular weight is 395 g/mol. The van der Waals surface area contributed by atoms with Gasteiger partial charge in [-0.05, 0) is 28.8 Å². The van der Waals surface area contributed by atoms with E-state index in [1.165, 1.54) is 0 Å². The van der Waals surface area contributed by atoms with Gasteiger partial charge in [0, 0.05) is 22.7 Å². The molecule has 0 saturated heterocycles. The number of fused-ring (bicyclic) bond motifs is 1. The van der Waals surface area contributed by atoms with E-state index in [0.29, 0.717) is 32.3 Å². The number of aliphatic hydroxyl groups excluding tert-OH is 1. The van der Waals surface area contributed by atoms with Gasteiger partial charge < -0.3 is 19.6 Å². The second-order valence-electron chi connectivity index (χ2n) is 6.49. The minimum absolute atomic E-state index is 0.0219. The molecule has 0 fully saturated rings. The summed E-state index contributed by atoms with van der Waals surface area (Å²) in [6.45, 7) is 1.81. The van der Waals surface area contributed by atoms with E-state index < -0.39 is 5.76 Å². The predicted molar refractivity (Wildman–Crippen MR) is 107 cm³/mol. The highest BCUT2D eigenvalue weighted by atomic mass is 16.5. The van der Waals surface area contributed by atoms with Crippen LogP contribution < -0.4 is 5.76 Å². The van der Waals surface area contributed by atoms with Crippen LogP contribution in [0.5, 0.6) is 0 Å². The first kappa shape index (κ1) is 19.1. The van der Waals surface area contributed by atoms with Crippen LogP contribution in [0.15, 0.2) is 58.0 Å². The quantitative estimate of drug-likeness (QED) is 0.376. The van der Waals surface area contributed by atoms with E-state index in [1.807, 2.05) is 36.4 Å². The van der Waals surface area contributed by atoms with Gasteiger partial charge in [-0.1, -0.05) is 35.5 Å². The van der Waals surface area contributed by atoms with E-state index in [4.69, 9.17) is 14.6 Å². The van der Waals surface area contributed by atoms with E-state index in [-0.39, 0.29) is 6.61 Å². The first-order chi connectivity index (χ1) is 14.2. The zero-order chi connectivity index (χ0) is 20.1. The number of nitrogens with one attached hydrogen (secondary N) is 2. The van der Waals surface area contributed by atoms with Crippen molar-refractivity contribution in [1.82, 2.24) is 15.1 Å². The summed E-state index contributed by atoms with van der Waals surface area (Å²) in [5, 5.41) is 13.4. The number of aromatic amines is 2. The van der Waals surface area contributed by atoms with Crippen molar-refractivity contribution in [3.8, 4) is 22.5 Å². The van der Waals surface area contributed by atoms with E-state index in [0.717, 1.165) is 33.2 Å². The molecule has 0 aliphatic heterocycles. The summed E-state index contributed by atoms with van der Waals surface area (Å²) < 4.78 is 15.4. The zero-order valence-corrected chi connectivity index (χ0v) is 15.7. The molecule has 4 rings (SSSR count). The van der Waals surface area contributed by atoms with Crippen molar-refractivity contribution in [1.29, 1.82) is 0 Å². The summed E-state index contributed by atoms with van der Waals surface area (Å²) in [5.41, 5.74) is 4.92. The number of rotatable bonds is 9. The first-order valence-electron chi connectivity index (χ1n) is 9.28. The average Bonchev–Trinajstić information content (AvgIpc) is 3.36. The molecule has 4 aromatic rings. The molecule has 8 heteroatoms. The summed E-state index contributed by atoms with van der Waals surface area (Å²) in [6, 6.07) is 14.2. The third-order valence-corrected chi connectivity index (χ3v) is 4.54. The smallest absolute Gasteiger partial charge is 0.394 e. The van der Waals surface area contributed by atoms with E-state index in [2.05, 4.69) is 25.7 Å². The summed E-state index contributed by atoms with van der Waals surface area (Å²) in [4.78, 5) is 17.0. The lowest BCUT2D eigenvalue weighted by Crippen LogP contribution is -2.07. The fourth-order valence-corrected chi connectivity index (χ4v) is 3.11. The number of benzene rings is 2. The molecule has 8 nitrogen and oxygen atoms in total. The molecule has 0 aliphatic carbocycles. The molecule has 0 atom stereocenters. The SMILES string of the molecule is O=c1[nH]c(-c2c[nH]c3ccc(-c4ccc(COCCOCCO)cc4)cc23)no1. The van der Waals surface area contributed by atoms with Crippen LogP contribution in [0.2, 0.25) is 0 Å². The van der Waals surface area contributed by atoms with Crippen molar-refractivity contribution in [2.75, 3.05) is 26.4 Å². The summed E-state index contributed by atoms with van der Waals surface area (Å²) in [6.07, 6.45) is 1.80. The maximum atomic E-state index is 11.3. The predicted octanol–water partition coefficient (Wildman–Crippen LogP) is 2.70. The van der Waals surface area contributed by atoms with Crippen LogP contribution in [0, 0.1) is 0 Å². The van der Waals surface area contributed by atoms with Gasteiger partial charge >= 0.3 is 5.76 Å². The van der Waals surface area contributed by atoms with Crippen molar-refractivity contribution < 1.29 is 19.1 Å². The van der Waals surface area contributed by atoms with E-state index in [9.17, 15) is 4.79 Å². The zero-order valence-electron chi connectivity index (χ0n) is 15.7. The molecular formula is C21H21N3O5. The molecule has 0 bridgehead atoms. The largest absolute Gasteiger partial charge is 0.439 e. The number of aromatic nitrogens is 3. The monoisotopic (exact) mass is 395 g/mol. The van der Waals surface area contributed by atoms with Gasteiger partial charge in [-0.3, -0.25) is 9.51 Å². The highest BCUT2D eigenvalue weighted by molar-refractivity contribution is 5.96. The normalized spacial score (nSPS) is 11.3. The number of hydrogen-bond donors (Lipinski definition) is 3. The Morgan fingerprint density at radius 1 is 1.00 bits per heavy atom. The lowest BCUT2D eigenvalue weighted by Gasteiger charge is -2.07.